The molecule has 0 unspecified atom stereocenters. The summed E-state index contributed by atoms with van der Waals surface area (Å²) in [7, 11) is 0. The maximum absolute atomic E-state index is 4.37. The van der Waals surface area contributed by atoms with E-state index in [1.807, 2.05) is 36.6 Å². The monoisotopic (exact) mass is 208 g/mol. The topological polar surface area (TPSA) is 25.8 Å². The molecule has 0 radical (unpaired) electrons. The maximum Gasteiger partial charge on any atom is 0.174 e. The maximum atomic E-state index is 4.37. The first-order valence-electron chi connectivity index (χ1n) is 3.83. The summed E-state index contributed by atoms with van der Waals surface area (Å²) in [6.45, 7) is 0. The molecule has 0 atom stereocenters. The van der Waals surface area contributed by atoms with Gasteiger partial charge in [0.1, 0.15) is 0 Å². The van der Waals surface area contributed by atoms with Crippen LogP contribution in [0.1, 0.15) is 0 Å². The van der Waals surface area contributed by atoms with Gasteiger partial charge < -0.3 is 0 Å². The number of hydrogen-bond donors (Lipinski definition) is 0. The van der Waals surface area contributed by atoms with Crippen molar-refractivity contribution >= 4 is 23.3 Å². The quantitative estimate of drug-likeness (QED) is 0.710. The SMILES string of the molecule is CSc1nc(-c2ccccc2)ns1. The minimum Gasteiger partial charge on any atom is -0.208 e. The molecule has 0 saturated heterocycles. The van der Waals surface area contributed by atoms with Gasteiger partial charge in [0.15, 0.2) is 10.2 Å². The van der Waals surface area contributed by atoms with E-state index in [9.17, 15) is 0 Å². The molecule has 66 valence electrons. The van der Waals surface area contributed by atoms with E-state index in [0.29, 0.717) is 0 Å². The molecule has 2 aromatic rings. The molecule has 0 amide bonds. The van der Waals surface area contributed by atoms with Crippen LogP contribution in [0.5, 0.6) is 0 Å². The molecule has 0 aliphatic carbocycles. The van der Waals surface area contributed by atoms with Gasteiger partial charge in [-0.15, -0.1) is 0 Å². The summed E-state index contributed by atoms with van der Waals surface area (Å²) in [5.74, 6) is 0.829. The first kappa shape index (κ1) is 8.72. The molecular weight excluding hydrogens is 200 g/mol. The predicted molar refractivity (Wildman–Crippen MR) is 57.1 cm³/mol. The third kappa shape index (κ3) is 1.89. The summed E-state index contributed by atoms with van der Waals surface area (Å²) in [6, 6.07) is 10.0. The van der Waals surface area contributed by atoms with Crippen LogP contribution < -0.4 is 0 Å². The largest absolute Gasteiger partial charge is 0.208 e. The second kappa shape index (κ2) is 3.89. The Labute approximate surface area is 85.2 Å². The molecule has 4 heteroatoms. The molecule has 0 fully saturated rings. The minimum absolute atomic E-state index is 0.829. The van der Waals surface area contributed by atoms with Crippen molar-refractivity contribution in [3.63, 3.8) is 0 Å². The van der Waals surface area contributed by atoms with Gasteiger partial charge in [-0.05, 0) is 17.8 Å². The highest BCUT2D eigenvalue weighted by Crippen LogP contribution is 2.22. The lowest BCUT2D eigenvalue weighted by molar-refractivity contribution is 1.22. The zero-order chi connectivity index (χ0) is 9.10. The lowest BCUT2D eigenvalue weighted by Crippen LogP contribution is -1.78. The highest BCUT2D eigenvalue weighted by Gasteiger charge is 2.03. The number of benzene rings is 1. The summed E-state index contributed by atoms with van der Waals surface area (Å²) < 4.78 is 5.28. The van der Waals surface area contributed by atoms with E-state index in [1.165, 1.54) is 11.5 Å². The van der Waals surface area contributed by atoms with Gasteiger partial charge in [0.25, 0.3) is 0 Å². The van der Waals surface area contributed by atoms with Gasteiger partial charge in [0.2, 0.25) is 0 Å². The van der Waals surface area contributed by atoms with Crippen molar-refractivity contribution in [1.29, 1.82) is 0 Å². The van der Waals surface area contributed by atoms with Crippen LogP contribution in [0, 0.1) is 0 Å². The molecule has 0 N–H and O–H groups in total. The van der Waals surface area contributed by atoms with E-state index in [-0.39, 0.29) is 0 Å². The van der Waals surface area contributed by atoms with Crippen LogP contribution in [-0.4, -0.2) is 15.6 Å². The smallest absolute Gasteiger partial charge is 0.174 e. The number of hydrogen-bond acceptors (Lipinski definition) is 4. The first-order chi connectivity index (χ1) is 6.40. The molecule has 1 aromatic heterocycles. The second-order valence-electron chi connectivity index (χ2n) is 2.45. The lowest BCUT2D eigenvalue weighted by atomic mass is 10.2. The van der Waals surface area contributed by atoms with Crippen LogP contribution in [0.25, 0.3) is 11.4 Å². The van der Waals surface area contributed by atoms with Crippen LogP contribution in [0.4, 0.5) is 0 Å². The number of rotatable bonds is 2. The van der Waals surface area contributed by atoms with Crippen molar-refractivity contribution in [3.05, 3.63) is 30.3 Å². The van der Waals surface area contributed by atoms with Crippen molar-refractivity contribution < 1.29 is 0 Å². The van der Waals surface area contributed by atoms with Crippen LogP contribution in [0.2, 0.25) is 0 Å². The zero-order valence-electron chi connectivity index (χ0n) is 7.10. The number of aromatic nitrogens is 2. The van der Waals surface area contributed by atoms with Crippen LogP contribution >= 0.6 is 23.3 Å². The Kier molecular flexibility index (Phi) is 2.61. The van der Waals surface area contributed by atoms with Gasteiger partial charge in [-0.25, -0.2) is 4.98 Å². The van der Waals surface area contributed by atoms with Crippen molar-refractivity contribution in [2.24, 2.45) is 0 Å². The van der Waals surface area contributed by atoms with E-state index >= 15 is 0 Å². The van der Waals surface area contributed by atoms with E-state index in [4.69, 9.17) is 0 Å². The molecule has 1 heterocycles. The average molecular weight is 208 g/mol. The Hall–Kier alpha value is -0.870. The van der Waals surface area contributed by atoms with Crippen LogP contribution in [0.15, 0.2) is 34.7 Å². The van der Waals surface area contributed by atoms with Gasteiger partial charge in [0.05, 0.1) is 0 Å². The fraction of sp³-hybridized carbons (Fsp3) is 0.111. The molecular formula is C9H8N2S2. The Morgan fingerprint density at radius 1 is 1.23 bits per heavy atom. The van der Waals surface area contributed by atoms with Gasteiger partial charge in [-0.3, -0.25) is 0 Å². The molecule has 0 saturated carbocycles. The Balaban J connectivity index is 2.36. The van der Waals surface area contributed by atoms with Crippen molar-refractivity contribution in [1.82, 2.24) is 9.36 Å². The Bertz CT molecular complexity index is 384. The molecule has 2 nitrogen and oxygen atoms in total. The van der Waals surface area contributed by atoms with Gasteiger partial charge in [0, 0.05) is 5.56 Å². The first-order valence-corrected chi connectivity index (χ1v) is 5.83. The standard InChI is InChI=1S/C9H8N2S2/c1-12-9-10-8(11-13-9)7-5-3-2-4-6-7/h2-6H,1H3. The summed E-state index contributed by atoms with van der Waals surface area (Å²) in [5.41, 5.74) is 1.08. The fourth-order valence-electron chi connectivity index (χ4n) is 0.997. The summed E-state index contributed by atoms with van der Waals surface area (Å²) >= 11 is 3.08. The molecule has 13 heavy (non-hydrogen) atoms. The molecule has 0 bridgehead atoms. The number of thioether (sulfide) groups is 1. The summed E-state index contributed by atoms with van der Waals surface area (Å²) in [6.07, 6.45) is 2.01. The third-order valence-corrected chi connectivity index (χ3v) is 3.29. The molecule has 2 rings (SSSR count). The van der Waals surface area contributed by atoms with Crippen molar-refractivity contribution in [3.8, 4) is 11.4 Å². The van der Waals surface area contributed by atoms with E-state index < -0.39 is 0 Å². The molecule has 0 spiro atoms. The Morgan fingerprint density at radius 3 is 2.62 bits per heavy atom. The van der Waals surface area contributed by atoms with Crippen LogP contribution in [0.3, 0.4) is 0 Å². The van der Waals surface area contributed by atoms with Crippen molar-refractivity contribution in [2.45, 2.75) is 4.34 Å². The van der Waals surface area contributed by atoms with E-state index in [0.717, 1.165) is 15.7 Å². The fourth-order valence-corrected chi connectivity index (χ4v) is 2.02. The van der Waals surface area contributed by atoms with Crippen molar-refractivity contribution in [2.75, 3.05) is 6.26 Å². The molecule has 0 aliphatic rings. The highest BCUT2D eigenvalue weighted by molar-refractivity contribution is 8.00. The normalized spacial score (nSPS) is 10.2. The lowest BCUT2D eigenvalue weighted by Gasteiger charge is -1.91. The highest BCUT2D eigenvalue weighted by atomic mass is 32.2. The average Bonchev–Trinajstić information content (AvgIpc) is 2.67. The van der Waals surface area contributed by atoms with Gasteiger partial charge in [-0.1, -0.05) is 42.1 Å². The zero-order valence-corrected chi connectivity index (χ0v) is 8.73. The number of nitrogens with zero attached hydrogens (tertiary/aromatic N) is 2. The predicted octanol–water partition coefficient (Wildman–Crippen LogP) is 2.93. The third-order valence-electron chi connectivity index (χ3n) is 1.61. The summed E-state index contributed by atoms with van der Waals surface area (Å²) in [4.78, 5) is 4.37. The second-order valence-corrected chi connectivity index (χ2v) is 4.26. The van der Waals surface area contributed by atoms with E-state index in [2.05, 4.69) is 9.36 Å². The molecule has 1 aromatic carbocycles. The van der Waals surface area contributed by atoms with Crippen LogP contribution in [-0.2, 0) is 0 Å². The van der Waals surface area contributed by atoms with E-state index in [1.54, 1.807) is 11.8 Å². The minimum atomic E-state index is 0.829. The van der Waals surface area contributed by atoms with Gasteiger partial charge in [-0.2, -0.15) is 4.37 Å². The summed E-state index contributed by atoms with van der Waals surface area (Å²) in [5, 5.41) is 0. The van der Waals surface area contributed by atoms with Gasteiger partial charge >= 0.3 is 0 Å². The molecule has 0 aliphatic heterocycles. The Morgan fingerprint density at radius 2 is 2.00 bits per heavy atom.